The molecule has 2 aliphatic carbocycles. The smallest absolute Gasteiger partial charge is 0.0125 e. The van der Waals surface area contributed by atoms with Crippen molar-refractivity contribution in [3.05, 3.63) is 65.8 Å². The summed E-state index contributed by atoms with van der Waals surface area (Å²) in [5, 5.41) is 0. The van der Waals surface area contributed by atoms with E-state index < -0.39 is 0 Å². The Morgan fingerprint density at radius 3 is 2.73 bits per heavy atom. The average Bonchev–Trinajstić information content (AvgIpc) is 2.30. The molecule has 0 aromatic heterocycles. The van der Waals surface area contributed by atoms with Gasteiger partial charge in [-0.1, -0.05) is 54.6 Å². The van der Waals surface area contributed by atoms with Crippen molar-refractivity contribution < 1.29 is 0 Å². The highest BCUT2D eigenvalue weighted by molar-refractivity contribution is 5.71. The summed E-state index contributed by atoms with van der Waals surface area (Å²) in [6.45, 7) is 2.21. The minimum Gasteiger partial charge on any atom is -0.0767 e. The van der Waals surface area contributed by atoms with Crippen molar-refractivity contribution >= 4 is 5.57 Å². The van der Waals surface area contributed by atoms with Gasteiger partial charge in [-0.25, -0.2) is 0 Å². The van der Waals surface area contributed by atoms with Crippen LogP contribution in [-0.2, 0) is 0 Å². The van der Waals surface area contributed by atoms with Gasteiger partial charge in [0.05, 0.1) is 0 Å². The highest BCUT2D eigenvalue weighted by Crippen LogP contribution is 2.40. The summed E-state index contributed by atoms with van der Waals surface area (Å²) >= 11 is 0. The molecule has 1 aromatic carbocycles. The van der Waals surface area contributed by atoms with E-state index in [0.29, 0.717) is 11.8 Å². The van der Waals surface area contributed by atoms with Crippen molar-refractivity contribution in [3.8, 4) is 0 Å². The molecule has 0 bridgehead atoms. The number of hydrogen-bond acceptors (Lipinski definition) is 0. The van der Waals surface area contributed by atoms with E-state index in [2.05, 4.69) is 61.6 Å². The van der Waals surface area contributed by atoms with Gasteiger partial charge in [-0.2, -0.15) is 0 Å². The van der Waals surface area contributed by atoms with Gasteiger partial charge in [-0.3, -0.25) is 0 Å². The van der Waals surface area contributed by atoms with Crippen molar-refractivity contribution in [3.63, 3.8) is 0 Å². The van der Waals surface area contributed by atoms with Gasteiger partial charge in [0.1, 0.15) is 0 Å². The van der Waals surface area contributed by atoms with Crippen LogP contribution in [-0.4, -0.2) is 0 Å². The normalized spacial score (nSPS) is 26.9. The molecule has 2 aliphatic rings. The lowest BCUT2D eigenvalue weighted by atomic mass is 9.75. The first-order chi connectivity index (χ1) is 7.36. The SMILES string of the molecule is CC1=CC2C=CC=CC2c2ccccc21. The molecule has 0 saturated heterocycles. The van der Waals surface area contributed by atoms with E-state index in [9.17, 15) is 0 Å². The van der Waals surface area contributed by atoms with Crippen molar-refractivity contribution in [2.24, 2.45) is 5.92 Å². The molecule has 74 valence electrons. The Hall–Kier alpha value is -1.56. The number of hydrogen-bond donors (Lipinski definition) is 0. The quantitative estimate of drug-likeness (QED) is 0.587. The van der Waals surface area contributed by atoms with Gasteiger partial charge in [0, 0.05) is 11.8 Å². The monoisotopic (exact) mass is 194 g/mol. The fraction of sp³-hybridized carbons (Fsp3) is 0.200. The minimum absolute atomic E-state index is 0.551. The standard InChI is InChI=1S/C15H14/c1-11-10-12-6-2-3-8-14(12)15-9-5-4-7-13(11)15/h2-10,12,14H,1H3. The Morgan fingerprint density at radius 1 is 1.00 bits per heavy atom. The van der Waals surface area contributed by atoms with Crippen LogP contribution >= 0.6 is 0 Å². The Balaban J connectivity index is 2.20. The number of allylic oxidation sites excluding steroid dienone is 6. The molecular weight excluding hydrogens is 180 g/mol. The molecule has 0 heteroatoms. The molecule has 0 heterocycles. The maximum absolute atomic E-state index is 2.38. The molecule has 0 spiro atoms. The van der Waals surface area contributed by atoms with Gasteiger partial charge in [0.2, 0.25) is 0 Å². The molecule has 2 unspecified atom stereocenters. The van der Waals surface area contributed by atoms with E-state index in [4.69, 9.17) is 0 Å². The van der Waals surface area contributed by atoms with Gasteiger partial charge >= 0.3 is 0 Å². The van der Waals surface area contributed by atoms with E-state index in [1.54, 1.807) is 0 Å². The van der Waals surface area contributed by atoms with Crippen LogP contribution in [0.4, 0.5) is 0 Å². The lowest BCUT2D eigenvalue weighted by Crippen LogP contribution is -2.14. The maximum Gasteiger partial charge on any atom is 0.0125 e. The van der Waals surface area contributed by atoms with Crippen molar-refractivity contribution in [1.29, 1.82) is 0 Å². The molecular formula is C15H14. The summed E-state index contributed by atoms with van der Waals surface area (Å²) in [6.07, 6.45) is 11.3. The van der Waals surface area contributed by atoms with E-state index in [0.717, 1.165) is 0 Å². The van der Waals surface area contributed by atoms with Crippen LogP contribution in [0.15, 0.2) is 54.6 Å². The van der Waals surface area contributed by atoms with Crippen LogP contribution in [0.5, 0.6) is 0 Å². The van der Waals surface area contributed by atoms with Crippen LogP contribution < -0.4 is 0 Å². The summed E-state index contributed by atoms with van der Waals surface area (Å²) in [4.78, 5) is 0. The second-order valence-corrected chi connectivity index (χ2v) is 4.31. The van der Waals surface area contributed by atoms with Crippen LogP contribution in [0.25, 0.3) is 5.57 Å². The number of fused-ring (bicyclic) bond motifs is 3. The molecule has 15 heavy (non-hydrogen) atoms. The zero-order chi connectivity index (χ0) is 10.3. The fourth-order valence-corrected chi connectivity index (χ4v) is 2.62. The summed E-state index contributed by atoms with van der Waals surface area (Å²) in [6, 6.07) is 8.75. The zero-order valence-electron chi connectivity index (χ0n) is 8.85. The second-order valence-electron chi connectivity index (χ2n) is 4.31. The molecule has 0 nitrogen and oxygen atoms in total. The Bertz CT molecular complexity index is 475. The van der Waals surface area contributed by atoms with Crippen molar-refractivity contribution in [2.75, 3.05) is 0 Å². The topological polar surface area (TPSA) is 0 Å². The molecule has 1 aromatic rings. The summed E-state index contributed by atoms with van der Waals surface area (Å²) in [7, 11) is 0. The molecule has 2 atom stereocenters. The van der Waals surface area contributed by atoms with Crippen molar-refractivity contribution in [1.82, 2.24) is 0 Å². The highest BCUT2D eigenvalue weighted by atomic mass is 14.3. The predicted molar refractivity (Wildman–Crippen MR) is 64.6 cm³/mol. The molecule has 0 amide bonds. The van der Waals surface area contributed by atoms with Gasteiger partial charge in [0.15, 0.2) is 0 Å². The van der Waals surface area contributed by atoms with Gasteiger partial charge in [-0.05, 0) is 23.6 Å². The Kier molecular flexibility index (Phi) is 1.88. The lowest BCUT2D eigenvalue weighted by Gasteiger charge is -2.29. The second kappa shape index (κ2) is 3.23. The van der Waals surface area contributed by atoms with E-state index in [1.165, 1.54) is 16.7 Å². The highest BCUT2D eigenvalue weighted by Gasteiger charge is 2.25. The first kappa shape index (κ1) is 8.72. The largest absolute Gasteiger partial charge is 0.0767 e. The van der Waals surface area contributed by atoms with Gasteiger partial charge in [0.25, 0.3) is 0 Å². The first-order valence-electron chi connectivity index (χ1n) is 5.49. The maximum atomic E-state index is 2.38. The molecule has 0 aliphatic heterocycles. The summed E-state index contributed by atoms with van der Waals surface area (Å²) in [5.74, 6) is 1.11. The van der Waals surface area contributed by atoms with E-state index >= 15 is 0 Å². The van der Waals surface area contributed by atoms with Gasteiger partial charge in [-0.15, -0.1) is 0 Å². The van der Waals surface area contributed by atoms with Crippen LogP contribution in [0, 0.1) is 5.92 Å². The summed E-state index contributed by atoms with van der Waals surface area (Å²) < 4.78 is 0. The predicted octanol–water partition coefficient (Wildman–Crippen LogP) is 3.93. The number of rotatable bonds is 0. The Morgan fingerprint density at radius 2 is 1.80 bits per heavy atom. The van der Waals surface area contributed by atoms with Crippen LogP contribution in [0.1, 0.15) is 24.0 Å². The lowest BCUT2D eigenvalue weighted by molar-refractivity contribution is 0.688. The molecule has 0 radical (unpaired) electrons. The van der Waals surface area contributed by atoms with Crippen molar-refractivity contribution in [2.45, 2.75) is 12.8 Å². The average molecular weight is 194 g/mol. The van der Waals surface area contributed by atoms with E-state index in [1.807, 2.05) is 0 Å². The molecule has 0 fully saturated rings. The molecule has 0 saturated carbocycles. The van der Waals surface area contributed by atoms with Crippen LogP contribution in [0.2, 0.25) is 0 Å². The third kappa shape index (κ3) is 1.29. The fourth-order valence-electron chi connectivity index (χ4n) is 2.62. The third-order valence-corrected chi connectivity index (χ3v) is 3.36. The third-order valence-electron chi connectivity index (χ3n) is 3.36. The number of benzene rings is 1. The van der Waals surface area contributed by atoms with Crippen LogP contribution in [0.3, 0.4) is 0 Å². The first-order valence-corrected chi connectivity index (χ1v) is 5.49. The Labute approximate surface area is 90.6 Å². The van der Waals surface area contributed by atoms with E-state index in [-0.39, 0.29) is 0 Å². The molecule has 3 rings (SSSR count). The van der Waals surface area contributed by atoms with Gasteiger partial charge < -0.3 is 0 Å². The molecule has 0 N–H and O–H groups in total. The minimum atomic E-state index is 0.551. The zero-order valence-corrected chi connectivity index (χ0v) is 8.85. The summed E-state index contributed by atoms with van der Waals surface area (Å²) in [5.41, 5.74) is 4.30.